The van der Waals surface area contributed by atoms with E-state index in [4.69, 9.17) is 0 Å². The maximum Gasteiger partial charge on any atom is 0.255 e. The van der Waals surface area contributed by atoms with Crippen LogP contribution in [0.2, 0.25) is 0 Å². The van der Waals surface area contributed by atoms with Crippen LogP contribution in [-0.2, 0) is 9.84 Å². The van der Waals surface area contributed by atoms with E-state index < -0.39 is 9.84 Å². The topological polar surface area (TPSA) is 63.2 Å². The van der Waals surface area contributed by atoms with Crippen molar-refractivity contribution in [2.45, 2.75) is 9.79 Å². The first-order chi connectivity index (χ1) is 12.0. The summed E-state index contributed by atoms with van der Waals surface area (Å²) < 4.78 is 25.9. The highest BCUT2D eigenvalue weighted by molar-refractivity contribution is 9.10. The van der Waals surface area contributed by atoms with E-state index in [0.717, 1.165) is 4.47 Å². The van der Waals surface area contributed by atoms with Gasteiger partial charge in [0, 0.05) is 15.7 Å². The van der Waals surface area contributed by atoms with Crippen LogP contribution < -0.4 is 5.32 Å². The van der Waals surface area contributed by atoms with Gasteiger partial charge in [-0.3, -0.25) is 4.79 Å². The molecule has 0 bridgehead atoms. The molecule has 0 saturated heterocycles. The van der Waals surface area contributed by atoms with Crippen LogP contribution in [0.5, 0.6) is 0 Å². The minimum atomic E-state index is -3.56. The van der Waals surface area contributed by atoms with Crippen molar-refractivity contribution in [2.75, 3.05) is 5.32 Å². The van der Waals surface area contributed by atoms with Crippen molar-refractivity contribution in [3.8, 4) is 0 Å². The minimum absolute atomic E-state index is 0.180. The van der Waals surface area contributed by atoms with Crippen LogP contribution in [0.15, 0.2) is 93.1 Å². The number of halogens is 1. The molecule has 126 valence electrons. The van der Waals surface area contributed by atoms with Crippen LogP contribution >= 0.6 is 15.9 Å². The summed E-state index contributed by atoms with van der Waals surface area (Å²) in [6, 6.07) is 21.4. The monoisotopic (exact) mass is 415 g/mol. The highest BCUT2D eigenvalue weighted by Gasteiger charge is 2.17. The van der Waals surface area contributed by atoms with Crippen molar-refractivity contribution in [3.63, 3.8) is 0 Å². The number of hydrogen-bond donors (Lipinski definition) is 1. The van der Waals surface area contributed by atoms with E-state index in [1.165, 1.54) is 12.1 Å². The molecular weight excluding hydrogens is 402 g/mol. The molecule has 1 amide bonds. The van der Waals surface area contributed by atoms with Gasteiger partial charge in [-0.25, -0.2) is 8.42 Å². The lowest BCUT2D eigenvalue weighted by Gasteiger charge is -2.08. The van der Waals surface area contributed by atoms with Gasteiger partial charge in [0.15, 0.2) is 0 Å². The second-order valence-corrected chi connectivity index (χ2v) is 8.17. The zero-order valence-corrected chi connectivity index (χ0v) is 15.4. The van der Waals surface area contributed by atoms with Gasteiger partial charge in [0.25, 0.3) is 5.91 Å². The Morgan fingerprint density at radius 3 is 2.08 bits per heavy atom. The molecule has 0 heterocycles. The Bertz CT molecular complexity index is 1000. The normalized spacial score (nSPS) is 11.1. The molecule has 3 aromatic carbocycles. The Morgan fingerprint density at radius 2 is 1.44 bits per heavy atom. The lowest BCUT2D eigenvalue weighted by molar-refractivity contribution is 0.102. The second-order valence-electron chi connectivity index (χ2n) is 5.31. The molecule has 25 heavy (non-hydrogen) atoms. The standard InChI is InChI=1S/C19H14BrNO3S/c20-15-6-4-5-14(13-15)19(22)21-16-9-11-18(12-10-16)25(23,24)17-7-2-1-3-8-17/h1-13H,(H,21,22). The molecule has 0 aliphatic heterocycles. The van der Waals surface area contributed by atoms with E-state index in [9.17, 15) is 13.2 Å². The van der Waals surface area contributed by atoms with Gasteiger partial charge in [-0.2, -0.15) is 0 Å². The summed E-state index contributed by atoms with van der Waals surface area (Å²) in [5.74, 6) is -0.264. The fourth-order valence-corrected chi connectivity index (χ4v) is 3.97. The largest absolute Gasteiger partial charge is 0.322 e. The molecule has 3 rings (SSSR count). The van der Waals surface area contributed by atoms with Crippen LogP contribution in [0, 0.1) is 0 Å². The third-order valence-electron chi connectivity index (χ3n) is 3.56. The number of sulfone groups is 1. The van der Waals surface area contributed by atoms with Gasteiger partial charge in [0.05, 0.1) is 9.79 Å². The van der Waals surface area contributed by atoms with Gasteiger partial charge in [0.1, 0.15) is 0 Å². The van der Waals surface area contributed by atoms with Crippen LogP contribution in [0.4, 0.5) is 5.69 Å². The molecule has 0 aliphatic rings. The van der Waals surface area contributed by atoms with E-state index in [0.29, 0.717) is 11.3 Å². The Kier molecular flexibility index (Phi) is 5.01. The van der Waals surface area contributed by atoms with E-state index in [2.05, 4.69) is 21.2 Å². The third-order valence-corrected chi connectivity index (χ3v) is 5.84. The highest BCUT2D eigenvalue weighted by Crippen LogP contribution is 2.22. The van der Waals surface area contributed by atoms with Crippen molar-refractivity contribution in [1.29, 1.82) is 0 Å². The Hall–Kier alpha value is -2.44. The molecule has 0 atom stereocenters. The summed E-state index contributed by atoms with van der Waals surface area (Å²) in [5, 5.41) is 2.75. The number of carbonyl (C=O) groups is 1. The van der Waals surface area contributed by atoms with Gasteiger partial charge in [0.2, 0.25) is 9.84 Å². The number of amides is 1. The van der Waals surface area contributed by atoms with Crippen LogP contribution in [0.3, 0.4) is 0 Å². The third kappa shape index (κ3) is 3.97. The summed E-state index contributed by atoms with van der Waals surface area (Å²) >= 11 is 3.32. The molecule has 0 saturated carbocycles. The number of rotatable bonds is 4. The first kappa shape index (κ1) is 17.4. The molecular formula is C19H14BrNO3S. The lowest BCUT2D eigenvalue weighted by atomic mass is 10.2. The maximum atomic E-state index is 12.5. The molecule has 6 heteroatoms. The number of nitrogens with one attached hydrogen (secondary N) is 1. The van der Waals surface area contributed by atoms with Crippen LogP contribution in [0.1, 0.15) is 10.4 Å². The Morgan fingerprint density at radius 1 is 0.800 bits per heavy atom. The van der Waals surface area contributed by atoms with Gasteiger partial charge in [-0.05, 0) is 54.6 Å². The summed E-state index contributed by atoms with van der Waals surface area (Å²) in [4.78, 5) is 12.6. The van der Waals surface area contributed by atoms with Crippen molar-refractivity contribution >= 4 is 37.4 Å². The van der Waals surface area contributed by atoms with E-state index >= 15 is 0 Å². The van der Waals surface area contributed by atoms with Crippen LogP contribution in [0.25, 0.3) is 0 Å². The lowest BCUT2D eigenvalue weighted by Crippen LogP contribution is -2.12. The van der Waals surface area contributed by atoms with Gasteiger partial charge >= 0.3 is 0 Å². The van der Waals surface area contributed by atoms with Crippen molar-refractivity contribution in [1.82, 2.24) is 0 Å². The average molecular weight is 416 g/mol. The minimum Gasteiger partial charge on any atom is -0.322 e. The predicted octanol–water partition coefficient (Wildman–Crippen LogP) is 4.53. The SMILES string of the molecule is O=C(Nc1ccc(S(=O)(=O)c2ccccc2)cc1)c1cccc(Br)c1. The predicted molar refractivity (Wildman–Crippen MR) is 100 cm³/mol. The first-order valence-electron chi connectivity index (χ1n) is 7.44. The van der Waals surface area contributed by atoms with E-state index in [1.54, 1.807) is 60.7 Å². The summed E-state index contributed by atoms with van der Waals surface area (Å²) in [6.07, 6.45) is 0. The first-order valence-corrected chi connectivity index (χ1v) is 9.71. The number of hydrogen-bond acceptors (Lipinski definition) is 3. The summed E-state index contributed by atoms with van der Waals surface area (Å²) in [5.41, 5.74) is 1.03. The molecule has 0 aromatic heterocycles. The van der Waals surface area contributed by atoms with E-state index in [1.807, 2.05) is 6.07 Å². The number of anilines is 1. The molecule has 0 spiro atoms. The highest BCUT2D eigenvalue weighted by atomic mass is 79.9. The molecule has 3 aromatic rings. The molecule has 0 aliphatic carbocycles. The van der Waals surface area contributed by atoms with Crippen LogP contribution in [-0.4, -0.2) is 14.3 Å². The fraction of sp³-hybridized carbons (Fsp3) is 0. The van der Waals surface area contributed by atoms with Gasteiger partial charge in [-0.1, -0.05) is 40.2 Å². The number of carbonyl (C=O) groups excluding carboxylic acids is 1. The molecule has 0 radical (unpaired) electrons. The molecule has 0 unspecified atom stereocenters. The van der Waals surface area contributed by atoms with Crippen molar-refractivity contribution < 1.29 is 13.2 Å². The zero-order valence-electron chi connectivity index (χ0n) is 13.0. The Labute approximate surface area is 154 Å². The molecule has 4 nitrogen and oxygen atoms in total. The summed E-state index contributed by atoms with van der Waals surface area (Å²) in [6.45, 7) is 0. The second kappa shape index (κ2) is 7.21. The van der Waals surface area contributed by atoms with Gasteiger partial charge in [-0.15, -0.1) is 0 Å². The van der Waals surface area contributed by atoms with Gasteiger partial charge < -0.3 is 5.32 Å². The zero-order chi connectivity index (χ0) is 17.9. The molecule has 1 N–H and O–H groups in total. The molecule has 0 fully saturated rings. The Balaban J connectivity index is 1.80. The smallest absolute Gasteiger partial charge is 0.255 e. The van der Waals surface area contributed by atoms with E-state index in [-0.39, 0.29) is 15.7 Å². The maximum absolute atomic E-state index is 12.5. The van der Waals surface area contributed by atoms with Crippen molar-refractivity contribution in [2.24, 2.45) is 0 Å². The average Bonchev–Trinajstić information content (AvgIpc) is 2.63. The summed E-state index contributed by atoms with van der Waals surface area (Å²) in [7, 11) is -3.56. The van der Waals surface area contributed by atoms with Crippen molar-refractivity contribution in [3.05, 3.63) is 88.9 Å². The quantitative estimate of drug-likeness (QED) is 0.680. The fourth-order valence-electron chi connectivity index (χ4n) is 2.29. The number of benzene rings is 3.